The number of para-hydroxylation sites is 2. The molecule has 1 heterocycles. The number of aromatic nitrogens is 2. The van der Waals surface area contributed by atoms with Gasteiger partial charge in [-0.2, -0.15) is 0 Å². The number of nitrogens with one attached hydrogen (secondary N) is 1. The Morgan fingerprint density at radius 1 is 1.11 bits per heavy atom. The van der Waals surface area contributed by atoms with E-state index in [0.29, 0.717) is 12.3 Å². The number of hydrogen-bond acceptors (Lipinski definition) is 3. The van der Waals surface area contributed by atoms with Gasteiger partial charge < -0.3 is 14.6 Å². The number of nitrogens with zero attached hydrogens (tertiary/aromatic N) is 2. The maximum absolute atomic E-state index is 12.0. The number of fused-ring (bicyclic) bond motifs is 1. The third-order valence-electron chi connectivity index (χ3n) is 4.52. The number of amides is 1. The minimum absolute atomic E-state index is 0.0306. The minimum Gasteiger partial charge on any atom is -0.484 e. The number of rotatable bonds is 7. The Balaban J connectivity index is 1.38. The Bertz CT molecular complexity index is 892. The maximum atomic E-state index is 12.0. The summed E-state index contributed by atoms with van der Waals surface area (Å²) >= 11 is 0. The van der Waals surface area contributed by atoms with Gasteiger partial charge in [0.15, 0.2) is 6.61 Å². The lowest BCUT2D eigenvalue weighted by Gasteiger charge is -2.19. The van der Waals surface area contributed by atoms with Crippen molar-refractivity contribution in [2.24, 2.45) is 0 Å². The molecule has 0 aliphatic heterocycles. The molecule has 0 atom stereocenters. The van der Waals surface area contributed by atoms with Crippen molar-refractivity contribution in [1.29, 1.82) is 0 Å². The third kappa shape index (κ3) is 5.09. The van der Waals surface area contributed by atoms with Gasteiger partial charge >= 0.3 is 0 Å². The molecule has 0 bridgehead atoms. The Labute approximate surface area is 160 Å². The highest BCUT2D eigenvalue weighted by Crippen LogP contribution is 2.24. The van der Waals surface area contributed by atoms with Crippen molar-refractivity contribution in [3.63, 3.8) is 0 Å². The number of aryl methyl sites for hydroxylation is 1. The van der Waals surface area contributed by atoms with Gasteiger partial charge in [-0.1, -0.05) is 45.0 Å². The Morgan fingerprint density at radius 3 is 2.59 bits per heavy atom. The zero-order valence-electron chi connectivity index (χ0n) is 16.2. The first-order valence-electron chi connectivity index (χ1n) is 9.33. The molecule has 1 aromatic heterocycles. The van der Waals surface area contributed by atoms with Crippen molar-refractivity contribution in [2.75, 3.05) is 13.2 Å². The molecular weight excluding hydrogens is 338 g/mol. The monoisotopic (exact) mass is 365 g/mol. The number of hydrogen-bond donors (Lipinski definition) is 1. The lowest BCUT2D eigenvalue weighted by atomic mass is 9.87. The summed E-state index contributed by atoms with van der Waals surface area (Å²) in [6.45, 7) is 7.96. The van der Waals surface area contributed by atoms with Crippen LogP contribution in [0.15, 0.2) is 54.9 Å². The van der Waals surface area contributed by atoms with Crippen LogP contribution in [0.1, 0.15) is 32.8 Å². The average molecular weight is 365 g/mol. The summed E-state index contributed by atoms with van der Waals surface area (Å²) < 4.78 is 7.67. The van der Waals surface area contributed by atoms with Crippen LogP contribution in [0.25, 0.3) is 11.0 Å². The van der Waals surface area contributed by atoms with Gasteiger partial charge in [0.1, 0.15) is 5.75 Å². The van der Waals surface area contributed by atoms with Crippen LogP contribution in [-0.2, 0) is 16.8 Å². The van der Waals surface area contributed by atoms with Crippen molar-refractivity contribution in [3.8, 4) is 5.75 Å². The molecule has 0 radical (unpaired) electrons. The molecule has 3 aromatic rings. The van der Waals surface area contributed by atoms with Gasteiger partial charge in [-0.05, 0) is 41.7 Å². The quantitative estimate of drug-likeness (QED) is 0.646. The van der Waals surface area contributed by atoms with Gasteiger partial charge in [0.25, 0.3) is 5.91 Å². The summed E-state index contributed by atoms with van der Waals surface area (Å²) in [5.74, 6) is 0.605. The summed E-state index contributed by atoms with van der Waals surface area (Å²) in [7, 11) is 0. The predicted octanol–water partition coefficient (Wildman–Crippen LogP) is 3.92. The minimum atomic E-state index is -0.106. The highest BCUT2D eigenvalue weighted by Gasteiger charge is 2.13. The highest BCUT2D eigenvalue weighted by atomic mass is 16.5. The van der Waals surface area contributed by atoms with E-state index >= 15 is 0 Å². The van der Waals surface area contributed by atoms with Gasteiger partial charge in [0.2, 0.25) is 0 Å². The molecule has 1 amide bonds. The fourth-order valence-corrected chi connectivity index (χ4v) is 2.92. The summed E-state index contributed by atoms with van der Waals surface area (Å²) in [5.41, 5.74) is 3.46. The van der Waals surface area contributed by atoms with E-state index in [1.54, 1.807) is 0 Å². The molecule has 5 nitrogen and oxygen atoms in total. The predicted molar refractivity (Wildman–Crippen MR) is 108 cm³/mol. The molecule has 0 fully saturated rings. The topological polar surface area (TPSA) is 56.1 Å². The van der Waals surface area contributed by atoms with Crippen molar-refractivity contribution in [1.82, 2.24) is 14.9 Å². The molecule has 3 rings (SSSR count). The van der Waals surface area contributed by atoms with Crippen molar-refractivity contribution in [3.05, 3.63) is 60.4 Å². The van der Waals surface area contributed by atoms with Gasteiger partial charge in [-0.25, -0.2) is 4.98 Å². The van der Waals surface area contributed by atoms with E-state index in [1.807, 2.05) is 48.8 Å². The number of carbonyl (C=O) groups excluding carboxylic acids is 1. The highest BCUT2D eigenvalue weighted by molar-refractivity contribution is 5.77. The van der Waals surface area contributed by atoms with Gasteiger partial charge in [-0.3, -0.25) is 4.79 Å². The molecule has 27 heavy (non-hydrogen) atoms. The zero-order chi connectivity index (χ0) is 19.3. The number of carbonyl (C=O) groups is 1. The smallest absolute Gasteiger partial charge is 0.257 e. The van der Waals surface area contributed by atoms with Crippen LogP contribution >= 0.6 is 0 Å². The lowest BCUT2D eigenvalue weighted by Crippen LogP contribution is -2.30. The SMILES string of the molecule is CC(C)(C)c1ccc(OCC(=O)NCCCn2cnc3ccccc32)cc1. The molecule has 0 spiro atoms. The standard InChI is InChI=1S/C22H27N3O2/c1-22(2,3)17-9-11-18(12-10-17)27-15-21(26)23-13-6-14-25-16-24-19-7-4-5-8-20(19)25/h4-5,7-12,16H,6,13-15H2,1-3H3,(H,23,26). The van der Waals surface area contributed by atoms with Crippen LogP contribution in [0.2, 0.25) is 0 Å². The molecule has 0 unspecified atom stereocenters. The molecule has 0 saturated carbocycles. The Hall–Kier alpha value is -2.82. The van der Waals surface area contributed by atoms with Gasteiger partial charge in [-0.15, -0.1) is 0 Å². The van der Waals surface area contributed by atoms with Crippen LogP contribution < -0.4 is 10.1 Å². The summed E-state index contributed by atoms with van der Waals surface area (Å²) in [5, 5.41) is 2.90. The van der Waals surface area contributed by atoms with Crippen molar-refractivity contribution in [2.45, 2.75) is 39.2 Å². The summed E-state index contributed by atoms with van der Waals surface area (Å²) in [6, 6.07) is 16.0. The van der Waals surface area contributed by atoms with Gasteiger partial charge in [0.05, 0.1) is 17.4 Å². The van der Waals surface area contributed by atoms with Crippen molar-refractivity contribution >= 4 is 16.9 Å². The third-order valence-corrected chi connectivity index (χ3v) is 4.52. The van der Waals surface area contributed by atoms with E-state index in [2.05, 4.69) is 41.7 Å². The summed E-state index contributed by atoms with van der Waals surface area (Å²) in [4.78, 5) is 16.3. The fraction of sp³-hybridized carbons (Fsp3) is 0.364. The fourth-order valence-electron chi connectivity index (χ4n) is 2.92. The number of ether oxygens (including phenoxy) is 1. The van der Waals surface area contributed by atoms with Gasteiger partial charge in [0, 0.05) is 13.1 Å². The molecule has 1 N–H and O–H groups in total. The van der Waals surface area contributed by atoms with E-state index < -0.39 is 0 Å². The van der Waals surface area contributed by atoms with E-state index in [4.69, 9.17) is 4.74 Å². The van der Waals surface area contributed by atoms with E-state index in [0.717, 1.165) is 24.0 Å². The second kappa shape index (κ2) is 8.25. The molecule has 0 saturated heterocycles. The van der Waals surface area contributed by atoms with E-state index in [-0.39, 0.29) is 17.9 Å². The first kappa shape index (κ1) is 19.0. The van der Waals surface area contributed by atoms with E-state index in [1.165, 1.54) is 5.56 Å². The van der Waals surface area contributed by atoms with Crippen LogP contribution in [-0.4, -0.2) is 28.6 Å². The van der Waals surface area contributed by atoms with Crippen LogP contribution in [0, 0.1) is 0 Å². The average Bonchev–Trinajstić information content (AvgIpc) is 3.06. The first-order valence-corrected chi connectivity index (χ1v) is 9.33. The molecule has 5 heteroatoms. The largest absolute Gasteiger partial charge is 0.484 e. The number of imidazole rings is 1. The molecule has 142 valence electrons. The zero-order valence-corrected chi connectivity index (χ0v) is 16.2. The number of benzene rings is 2. The molecule has 2 aromatic carbocycles. The van der Waals surface area contributed by atoms with Crippen LogP contribution in [0.3, 0.4) is 0 Å². The second-order valence-electron chi connectivity index (χ2n) is 7.69. The normalized spacial score (nSPS) is 11.5. The maximum Gasteiger partial charge on any atom is 0.257 e. The van der Waals surface area contributed by atoms with Crippen LogP contribution in [0.4, 0.5) is 0 Å². The van der Waals surface area contributed by atoms with Crippen LogP contribution in [0.5, 0.6) is 5.75 Å². The molecule has 0 aliphatic carbocycles. The second-order valence-corrected chi connectivity index (χ2v) is 7.69. The Kier molecular flexibility index (Phi) is 5.79. The molecule has 0 aliphatic rings. The lowest BCUT2D eigenvalue weighted by molar-refractivity contribution is -0.123. The summed E-state index contributed by atoms with van der Waals surface area (Å²) in [6.07, 6.45) is 2.68. The van der Waals surface area contributed by atoms with E-state index in [9.17, 15) is 4.79 Å². The van der Waals surface area contributed by atoms with Crippen molar-refractivity contribution < 1.29 is 9.53 Å². The first-order chi connectivity index (χ1) is 12.9. The molecular formula is C22H27N3O2. The Morgan fingerprint density at radius 2 is 1.85 bits per heavy atom.